The first-order valence-electron chi connectivity index (χ1n) is 9.44. The van der Waals surface area contributed by atoms with Crippen molar-refractivity contribution in [3.63, 3.8) is 0 Å². The number of carbonyl (C=O) groups excluding carboxylic acids is 2. The Morgan fingerprint density at radius 3 is 2.38 bits per heavy atom. The number of benzene rings is 1. The molecule has 3 aromatic rings. The first kappa shape index (κ1) is 19.3. The summed E-state index contributed by atoms with van der Waals surface area (Å²) in [5.74, 6) is 1.11. The quantitative estimate of drug-likeness (QED) is 0.461. The van der Waals surface area contributed by atoms with Gasteiger partial charge in [0.05, 0.1) is 5.69 Å². The van der Waals surface area contributed by atoms with Crippen LogP contribution in [0.15, 0.2) is 47.9 Å². The summed E-state index contributed by atoms with van der Waals surface area (Å²) in [6, 6.07) is 10.0. The summed E-state index contributed by atoms with van der Waals surface area (Å²) in [6.07, 6.45) is 4.08. The van der Waals surface area contributed by atoms with Crippen molar-refractivity contribution in [2.45, 2.75) is 31.8 Å². The monoisotopic (exact) mass is 407 g/mol. The van der Waals surface area contributed by atoms with Crippen LogP contribution in [0.1, 0.15) is 24.0 Å². The van der Waals surface area contributed by atoms with Crippen LogP contribution in [0.4, 0.5) is 0 Å². The van der Waals surface area contributed by atoms with Crippen molar-refractivity contribution in [3.8, 4) is 17.1 Å². The van der Waals surface area contributed by atoms with E-state index in [1.807, 2.05) is 22.8 Å². The maximum Gasteiger partial charge on any atom is 0.229 e. The summed E-state index contributed by atoms with van der Waals surface area (Å²) >= 11 is 1.49. The molecule has 0 radical (unpaired) electrons. The smallest absolute Gasteiger partial charge is 0.229 e. The zero-order chi connectivity index (χ0) is 20.4. The molecule has 2 amide bonds. The van der Waals surface area contributed by atoms with Crippen molar-refractivity contribution in [3.05, 3.63) is 53.9 Å². The second-order valence-electron chi connectivity index (χ2n) is 6.93. The van der Waals surface area contributed by atoms with Crippen molar-refractivity contribution in [1.29, 1.82) is 0 Å². The predicted octanol–water partition coefficient (Wildman–Crippen LogP) is 3.19. The molecule has 1 fully saturated rings. The van der Waals surface area contributed by atoms with Gasteiger partial charge in [-0.3, -0.25) is 24.0 Å². The molecule has 0 aliphatic carbocycles. The minimum Gasteiger partial charge on any atom is -0.282 e. The van der Waals surface area contributed by atoms with E-state index < -0.39 is 0 Å². The number of hydrogen-bond acceptors (Lipinski definition) is 6. The highest BCUT2D eigenvalue weighted by Crippen LogP contribution is 2.29. The highest BCUT2D eigenvalue weighted by atomic mass is 32.2. The van der Waals surface area contributed by atoms with Crippen LogP contribution in [-0.4, -0.2) is 48.8 Å². The number of nitrogens with zero attached hydrogens (tertiary/aromatic N) is 5. The molecular weight excluding hydrogens is 386 g/mol. The Morgan fingerprint density at radius 2 is 1.69 bits per heavy atom. The molecule has 2 aromatic heterocycles. The van der Waals surface area contributed by atoms with Crippen molar-refractivity contribution in [2.75, 3.05) is 12.3 Å². The van der Waals surface area contributed by atoms with E-state index in [1.165, 1.54) is 27.8 Å². The maximum atomic E-state index is 11.8. The van der Waals surface area contributed by atoms with Crippen molar-refractivity contribution in [2.24, 2.45) is 0 Å². The third-order valence-corrected chi connectivity index (χ3v) is 5.93. The van der Waals surface area contributed by atoms with Gasteiger partial charge in [-0.25, -0.2) is 0 Å². The molecule has 8 heteroatoms. The maximum absolute atomic E-state index is 11.8. The van der Waals surface area contributed by atoms with E-state index in [1.54, 1.807) is 12.4 Å². The number of rotatable bonds is 6. The van der Waals surface area contributed by atoms with E-state index in [0.717, 1.165) is 22.2 Å². The lowest BCUT2D eigenvalue weighted by Crippen LogP contribution is -2.31. The number of aryl methyl sites for hydroxylation is 2. The van der Waals surface area contributed by atoms with Crippen molar-refractivity contribution < 1.29 is 9.59 Å². The number of pyridine rings is 1. The van der Waals surface area contributed by atoms with Gasteiger partial charge < -0.3 is 0 Å². The Balaban J connectivity index is 1.65. The highest BCUT2D eigenvalue weighted by molar-refractivity contribution is 7.99. The molecule has 0 bridgehead atoms. The summed E-state index contributed by atoms with van der Waals surface area (Å²) in [5.41, 5.74) is 4.29. The van der Waals surface area contributed by atoms with E-state index >= 15 is 0 Å². The Hall–Kier alpha value is -3.00. The van der Waals surface area contributed by atoms with Gasteiger partial charge in [0.25, 0.3) is 0 Å². The third-order valence-electron chi connectivity index (χ3n) is 5.02. The number of thioether (sulfide) groups is 1. The molecule has 4 rings (SSSR count). The van der Waals surface area contributed by atoms with Crippen molar-refractivity contribution in [1.82, 2.24) is 24.6 Å². The molecule has 0 atom stereocenters. The molecule has 1 aromatic carbocycles. The lowest BCUT2D eigenvalue weighted by molar-refractivity contribution is -0.137. The lowest BCUT2D eigenvalue weighted by atomic mass is 10.1. The van der Waals surface area contributed by atoms with Gasteiger partial charge in [-0.05, 0) is 49.2 Å². The Kier molecular flexibility index (Phi) is 5.44. The van der Waals surface area contributed by atoms with Crippen LogP contribution in [0.2, 0.25) is 0 Å². The zero-order valence-electron chi connectivity index (χ0n) is 16.3. The molecule has 0 saturated carbocycles. The molecule has 3 heterocycles. The van der Waals surface area contributed by atoms with Gasteiger partial charge in [0.2, 0.25) is 11.8 Å². The molecule has 1 saturated heterocycles. The van der Waals surface area contributed by atoms with Crippen LogP contribution < -0.4 is 0 Å². The van der Waals surface area contributed by atoms with E-state index in [9.17, 15) is 9.59 Å². The van der Waals surface area contributed by atoms with Gasteiger partial charge in [-0.15, -0.1) is 10.2 Å². The normalized spacial score (nSPS) is 14.1. The molecule has 148 valence electrons. The predicted molar refractivity (Wildman–Crippen MR) is 111 cm³/mol. The molecule has 29 heavy (non-hydrogen) atoms. The number of amides is 2. The fourth-order valence-electron chi connectivity index (χ4n) is 3.25. The number of carbonyl (C=O) groups is 2. The van der Waals surface area contributed by atoms with Crippen LogP contribution in [-0.2, 0) is 9.59 Å². The molecule has 7 nitrogen and oxygen atoms in total. The fraction of sp³-hybridized carbons (Fsp3) is 0.286. The van der Waals surface area contributed by atoms with Crippen LogP contribution >= 0.6 is 11.8 Å². The van der Waals surface area contributed by atoms with Crippen LogP contribution in [0, 0.1) is 13.8 Å². The molecule has 0 unspecified atom stereocenters. The summed E-state index contributed by atoms with van der Waals surface area (Å²) in [4.78, 5) is 29.1. The Labute approximate surface area is 173 Å². The van der Waals surface area contributed by atoms with Gasteiger partial charge in [0, 0.05) is 43.1 Å². The topological polar surface area (TPSA) is 81.0 Å². The Bertz CT molecular complexity index is 1050. The molecular formula is C21H21N5O2S. The van der Waals surface area contributed by atoms with Gasteiger partial charge in [-0.1, -0.05) is 17.8 Å². The Morgan fingerprint density at radius 1 is 0.966 bits per heavy atom. The van der Waals surface area contributed by atoms with E-state index in [-0.39, 0.29) is 11.8 Å². The van der Waals surface area contributed by atoms with Crippen LogP contribution in [0.25, 0.3) is 17.1 Å². The van der Waals surface area contributed by atoms with E-state index in [2.05, 4.69) is 41.2 Å². The van der Waals surface area contributed by atoms with Crippen LogP contribution in [0.3, 0.4) is 0 Å². The third kappa shape index (κ3) is 3.93. The molecule has 1 aliphatic rings. The fourth-order valence-corrected chi connectivity index (χ4v) is 4.13. The molecule has 0 spiro atoms. The number of hydrogen-bond donors (Lipinski definition) is 0. The first-order valence-corrected chi connectivity index (χ1v) is 10.4. The van der Waals surface area contributed by atoms with Gasteiger partial charge >= 0.3 is 0 Å². The molecule has 0 N–H and O–H groups in total. The largest absolute Gasteiger partial charge is 0.282 e. The minimum atomic E-state index is -0.0938. The van der Waals surface area contributed by atoms with E-state index in [4.69, 9.17) is 0 Å². The average Bonchev–Trinajstić information content (AvgIpc) is 3.29. The summed E-state index contributed by atoms with van der Waals surface area (Å²) in [5, 5.41) is 9.52. The van der Waals surface area contributed by atoms with E-state index in [0.29, 0.717) is 25.1 Å². The zero-order valence-corrected chi connectivity index (χ0v) is 17.1. The molecule has 1 aliphatic heterocycles. The lowest BCUT2D eigenvalue weighted by Gasteiger charge is -2.14. The SMILES string of the molecule is Cc1ccc(-n2c(SCCN3C(=O)CCC3=O)nnc2-c2ccncc2)cc1C. The average molecular weight is 407 g/mol. The first-order chi connectivity index (χ1) is 14.0. The number of likely N-dealkylation sites (tertiary alicyclic amines) is 1. The van der Waals surface area contributed by atoms with Gasteiger partial charge in [0.15, 0.2) is 11.0 Å². The summed E-state index contributed by atoms with van der Waals surface area (Å²) < 4.78 is 2.01. The van der Waals surface area contributed by atoms with Crippen LogP contribution in [0.5, 0.6) is 0 Å². The number of imide groups is 1. The van der Waals surface area contributed by atoms with Crippen molar-refractivity contribution >= 4 is 23.6 Å². The highest BCUT2D eigenvalue weighted by Gasteiger charge is 2.28. The standard InChI is InChI=1S/C21H21N5O2S/c1-14-3-4-17(13-15(14)2)26-20(16-7-9-22-10-8-16)23-24-21(26)29-12-11-25-18(27)5-6-19(25)28/h3-4,7-10,13H,5-6,11-12H2,1-2H3. The second kappa shape index (κ2) is 8.16. The van der Waals surface area contributed by atoms with Gasteiger partial charge in [-0.2, -0.15) is 0 Å². The number of aromatic nitrogens is 4. The van der Waals surface area contributed by atoms with Gasteiger partial charge in [0.1, 0.15) is 0 Å². The summed E-state index contributed by atoms with van der Waals surface area (Å²) in [7, 11) is 0. The minimum absolute atomic E-state index is 0.0938. The second-order valence-corrected chi connectivity index (χ2v) is 8.00. The summed E-state index contributed by atoms with van der Waals surface area (Å²) in [6.45, 7) is 4.54.